The fraction of sp³-hybridized carbons (Fsp3) is 0.238. The number of hydrogen-bond acceptors (Lipinski definition) is 4. The van der Waals surface area contributed by atoms with E-state index in [-0.39, 0.29) is 0 Å². The Morgan fingerprint density at radius 2 is 1.96 bits per heavy atom. The Labute approximate surface area is 158 Å². The summed E-state index contributed by atoms with van der Waals surface area (Å²) in [6.45, 7) is 4.78. The maximum absolute atomic E-state index is 6.39. The molecule has 0 atom stereocenters. The Hall–Kier alpha value is -2.43. The SMILES string of the molecule is Cc1cccc(Cl)c1CN1CCc2nc(-c3ccc(N)cc3)ncc2C1. The van der Waals surface area contributed by atoms with Crippen molar-refractivity contribution >= 4 is 17.3 Å². The molecular weight excluding hydrogens is 344 g/mol. The number of hydrogen-bond donors (Lipinski definition) is 1. The van der Waals surface area contributed by atoms with Gasteiger partial charge in [-0.05, 0) is 48.4 Å². The molecule has 0 amide bonds. The van der Waals surface area contributed by atoms with Crippen LogP contribution in [0, 0.1) is 6.92 Å². The zero-order valence-electron chi connectivity index (χ0n) is 14.7. The first-order chi connectivity index (χ1) is 12.6. The highest BCUT2D eigenvalue weighted by atomic mass is 35.5. The second-order valence-corrected chi connectivity index (χ2v) is 7.19. The van der Waals surface area contributed by atoms with Gasteiger partial charge in [0.1, 0.15) is 0 Å². The second-order valence-electron chi connectivity index (χ2n) is 6.78. The number of nitrogens with zero attached hydrogens (tertiary/aromatic N) is 3. The van der Waals surface area contributed by atoms with Crippen LogP contribution in [0.3, 0.4) is 0 Å². The molecular formula is C21H21ClN4. The van der Waals surface area contributed by atoms with Crippen molar-refractivity contribution in [1.29, 1.82) is 0 Å². The summed E-state index contributed by atoms with van der Waals surface area (Å²) >= 11 is 6.39. The van der Waals surface area contributed by atoms with Gasteiger partial charge in [0.25, 0.3) is 0 Å². The molecule has 0 saturated heterocycles. The smallest absolute Gasteiger partial charge is 0.159 e. The summed E-state index contributed by atoms with van der Waals surface area (Å²) in [4.78, 5) is 11.8. The molecule has 1 aliphatic rings. The van der Waals surface area contributed by atoms with E-state index in [1.807, 2.05) is 42.6 Å². The predicted octanol–water partition coefficient (Wildman–Crippen LogP) is 4.25. The molecule has 0 bridgehead atoms. The summed E-state index contributed by atoms with van der Waals surface area (Å²) in [6.07, 6.45) is 2.88. The molecule has 26 heavy (non-hydrogen) atoms. The maximum Gasteiger partial charge on any atom is 0.159 e. The molecule has 4 nitrogen and oxygen atoms in total. The van der Waals surface area contributed by atoms with Crippen molar-refractivity contribution in [3.05, 3.63) is 76.1 Å². The van der Waals surface area contributed by atoms with Crippen LogP contribution in [0.5, 0.6) is 0 Å². The average Bonchev–Trinajstić information content (AvgIpc) is 2.65. The van der Waals surface area contributed by atoms with Crippen molar-refractivity contribution in [3.8, 4) is 11.4 Å². The van der Waals surface area contributed by atoms with Gasteiger partial charge in [-0.3, -0.25) is 4.90 Å². The summed E-state index contributed by atoms with van der Waals surface area (Å²) in [5.41, 5.74) is 12.3. The number of anilines is 1. The average molecular weight is 365 g/mol. The molecule has 0 spiro atoms. The van der Waals surface area contributed by atoms with Crippen LogP contribution in [0.2, 0.25) is 5.02 Å². The lowest BCUT2D eigenvalue weighted by atomic mass is 10.0. The van der Waals surface area contributed by atoms with E-state index in [0.717, 1.165) is 53.8 Å². The fourth-order valence-electron chi connectivity index (χ4n) is 3.37. The molecule has 0 radical (unpaired) electrons. The molecule has 4 rings (SSSR count). The van der Waals surface area contributed by atoms with E-state index in [1.54, 1.807) is 0 Å². The zero-order valence-corrected chi connectivity index (χ0v) is 15.5. The van der Waals surface area contributed by atoms with E-state index in [1.165, 1.54) is 16.7 Å². The molecule has 132 valence electrons. The summed E-state index contributed by atoms with van der Waals surface area (Å²) in [6, 6.07) is 13.8. The molecule has 0 fully saturated rings. The first kappa shape index (κ1) is 17.0. The standard InChI is InChI=1S/C21H21ClN4/c1-14-3-2-4-19(22)18(14)13-26-10-9-20-16(12-26)11-24-21(25-20)15-5-7-17(23)8-6-15/h2-8,11H,9-10,12-13,23H2,1H3. The van der Waals surface area contributed by atoms with Crippen molar-refractivity contribution in [1.82, 2.24) is 14.9 Å². The fourth-order valence-corrected chi connectivity index (χ4v) is 3.65. The number of nitrogens with two attached hydrogens (primary N) is 1. The van der Waals surface area contributed by atoms with Gasteiger partial charge in [-0.1, -0.05) is 23.7 Å². The molecule has 3 aromatic rings. The summed E-state index contributed by atoms with van der Waals surface area (Å²) in [5, 5.41) is 0.839. The Morgan fingerprint density at radius 1 is 1.15 bits per heavy atom. The number of fused-ring (bicyclic) bond motifs is 1. The highest BCUT2D eigenvalue weighted by molar-refractivity contribution is 6.31. The third-order valence-electron chi connectivity index (χ3n) is 4.92. The van der Waals surface area contributed by atoms with E-state index in [2.05, 4.69) is 22.9 Å². The molecule has 2 N–H and O–H groups in total. The van der Waals surface area contributed by atoms with Crippen molar-refractivity contribution in [2.75, 3.05) is 12.3 Å². The number of aromatic nitrogens is 2. The van der Waals surface area contributed by atoms with E-state index < -0.39 is 0 Å². The lowest BCUT2D eigenvalue weighted by Gasteiger charge is -2.29. The van der Waals surface area contributed by atoms with Gasteiger partial charge in [-0.15, -0.1) is 0 Å². The summed E-state index contributed by atoms with van der Waals surface area (Å²) in [5.74, 6) is 0.763. The van der Waals surface area contributed by atoms with Gasteiger partial charge in [0, 0.05) is 54.1 Å². The van der Waals surface area contributed by atoms with E-state index in [0.29, 0.717) is 0 Å². The maximum atomic E-state index is 6.39. The first-order valence-electron chi connectivity index (χ1n) is 8.77. The summed E-state index contributed by atoms with van der Waals surface area (Å²) < 4.78 is 0. The Morgan fingerprint density at radius 3 is 2.73 bits per heavy atom. The van der Waals surface area contributed by atoms with Crippen molar-refractivity contribution in [3.63, 3.8) is 0 Å². The van der Waals surface area contributed by atoms with Crippen molar-refractivity contribution in [2.24, 2.45) is 0 Å². The number of halogens is 1. The number of rotatable bonds is 3. The van der Waals surface area contributed by atoms with Crippen LogP contribution in [0.1, 0.15) is 22.4 Å². The minimum Gasteiger partial charge on any atom is -0.399 e. The van der Waals surface area contributed by atoms with E-state index in [4.69, 9.17) is 22.3 Å². The monoisotopic (exact) mass is 364 g/mol. The molecule has 0 saturated carbocycles. The molecule has 5 heteroatoms. The molecule has 0 unspecified atom stereocenters. The molecule has 2 heterocycles. The van der Waals surface area contributed by atoms with Gasteiger partial charge in [0.2, 0.25) is 0 Å². The highest BCUT2D eigenvalue weighted by Crippen LogP contribution is 2.26. The third-order valence-corrected chi connectivity index (χ3v) is 5.27. The van der Waals surface area contributed by atoms with Crippen LogP contribution < -0.4 is 5.73 Å². The van der Waals surface area contributed by atoms with Crippen LogP contribution in [0.25, 0.3) is 11.4 Å². The topological polar surface area (TPSA) is 55.0 Å². The summed E-state index contributed by atoms with van der Waals surface area (Å²) in [7, 11) is 0. The van der Waals surface area contributed by atoms with Crippen molar-refractivity contribution in [2.45, 2.75) is 26.4 Å². The second kappa shape index (κ2) is 7.06. The minimum atomic E-state index is 0.747. The lowest BCUT2D eigenvalue weighted by molar-refractivity contribution is 0.242. The minimum absolute atomic E-state index is 0.747. The molecule has 1 aliphatic heterocycles. The molecule has 1 aromatic heterocycles. The van der Waals surface area contributed by atoms with Crippen LogP contribution in [0.15, 0.2) is 48.7 Å². The van der Waals surface area contributed by atoms with Gasteiger partial charge >= 0.3 is 0 Å². The van der Waals surface area contributed by atoms with Crippen LogP contribution in [0.4, 0.5) is 5.69 Å². The largest absolute Gasteiger partial charge is 0.399 e. The number of nitrogen functional groups attached to an aromatic ring is 1. The predicted molar refractivity (Wildman–Crippen MR) is 106 cm³/mol. The van der Waals surface area contributed by atoms with Crippen molar-refractivity contribution < 1.29 is 0 Å². The first-order valence-corrected chi connectivity index (χ1v) is 9.15. The molecule has 2 aromatic carbocycles. The number of benzene rings is 2. The Bertz CT molecular complexity index is 917. The Balaban J connectivity index is 1.54. The zero-order chi connectivity index (χ0) is 18.1. The van der Waals surface area contributed by atoms with Gasteiger partial charge < -0.3 is 5.73 Å². The lowest BCUT2D eigenvalue weighted by Crippen LogP contribution is -2.31. The van der Waals surface area contributed by atoms with Gasteiger partial charge in [-0.2, -0.15) is 0 Å². The van der Waals surface area contributed by atoms with Gasteiger partial charge in [-0.25, -0.2) is 9.97 Å². The van der Waals surface area contributed by atoms with E-state index in [9.17, 15) is 0 Å². The van der Waals surface area contributed by atoms with Gasteiger partial charge in [0.15, 0.2) is 5.82 Å². The Kier molecular flexibility index (Phi) is 4.62. The quantitative estimate of drug-likeness (QED) is 0.706. The van der Waals surface area contributed by atoms with Crippen LogP contribution in [-0.2, 0) is 19.5 Å². The highest BCUT2D eigenvalue weighted by Gasteiger charge is 2.20. The van der Waals surface area contributed by atoms with Crippen LogP contribution in [-0.4, -0.2) is 21.4 Å². The van der Waals surface area contributed by atoms with Crippen LogP contribution >= 0.6 is 11.6 Å². The molecule has 0 aliphatic carbocycles. The third kappa shape index (κ3) is 3.43. The van der Waals surface area contributed by atoms with Gasteiger partial charge in [0.05, 0.1) is 5.69 Å². The number of aryl methyl sites for hydroxylation is 1. The normalized spacial score (nSPS) is 14.2. The van der Waals surface area contributed by atoms with E-state index >= 15 is 0 Å².